The number of nitrogens with two attached hydrogens (primary N) is 1. The molecule has 3 aromatic carbocycles. The van der Waals surface area contributed by atoms with E-state index in [0.717, 1.165) is 16.8 Å². The zero-order chi connectivity index (χ0) is 22.6. The van der Waals surface area contributed by atoms with E-state index in [2.05, 4.69) is 15.4 Å². The molecule has 1 aromatic heterocycles. The molecule has 0 radical (unpaired) electrons. The van der Waals surface area contributed by atoms with Crippen molar-refractivity contribution in [3.05, 3.63) is 96.3 Å². The first-order valence-corrected chi connectivity index (χ1v) is 11.4. The monoisotopic (exact) mass is 447 g/mol. The Bertz CT molecular complexity index is 1260. The first-order chi connectivity index (χ1) is 15.4. The highest BCUT2D eigenvalue weighted by atomic mass is 32.2. The number of sulfonamides is 1. The van der Waals surface area contributed by atoms with Crippen LogP contribution < -0.4 is 10.5 Å². The fourth-order valence-electron chi connectivity index (χ4n) is 3.18. The van der Waals surface area contributed by atoms with Crippen molar-refractivity contribution in [3.8, 4) is 17.1 Å². The lowest BCUT2D eigenvalue weighted by molar-refractivity contribution is 0.0944. The van der Waals surface area contributed by atoms with Crippen molar-refractivity contribution in [2.24, 2.45) is 5.14 Å². The van der Waals surface area contributed by atoms with Gasteiger partial charge >= 0.3 is 0 Å². The topological polar surface area (TPSA) is 120 Å². The molecular weight excluding hydrogens is 426 g/mol. The number of carbonyl (C=O) groups excluding carboxylic acids is 1. The van der Waals surface area contributed by atoms with E-state index in [1.54, 1.807) is 16.8 Å². The van der Waals surface area contributed by atoms with Gasteiger partial charge < -0.3 is 5.32 Å². The molecule has 1 heterocycles. The third-order valence-electron chi connectivity index (χ3n) is 4.79. The van der Waals surface area contributed by atoms with Gasteiger partial charge in [0.25, 0.3) is 5.91 Å². The average molecular weight is 448 g/mol. The second kappa shape index (κ2) is 9.13. The summed E-state index contributed by atoms with van der Waals surface area (Å²) in [5, 5.41) is 12.4. The summed E-state index contributed by atoms with van der Waals surface area (Å²) in [5.41, 5.74) is 2.51. The number of aromatic nitrogens is 3. The number of nitrogens with one attached hydrogen (secondary N) is 1. The van der Waals surface area contributed by atoms with Crippen LogP contribution in [0, 0.1) is 0 Å². The predicted molar refractivity (Wildman–Crippen MR) is 121 cm³/mol. The normalized spacial score (nSPS) is 11.3. The quantitative estimate of drug-likeness (QED) is 0.451. The minimum Gasteiger partial charge on any atom is -0.349 e. The molecule has 0 aliphatic rings. The van der Waals surface area contributed by atoms with Gasteiger partial charge in [0.05, 0.1) is 10.6 Å². The van der Waals surface area contributed by atoms with Gasteiger partial charge in [-0.05, 0) is 36.2 Å². The Balaban J connectivity index is 1.50. The van der Waals surface area contributed by atoms with Crippen LogP contribution in [0.4, 0.5) is 0 Å². The van der Waals surface area contributed by atoms with Gasteiger partial charge in [-0.25, -0.2) is 23.2 Å². The molecule has 3 N–H and O–H groups in total. The summed E-state index contributed by atoms with van der Waals surface area (Å²) in [6, 6.07) is 25.3. The zero-order valence-electron chi connectivity index (χ0n) is 17.0. The van der Waals surface area contributed by atoms with Crippen LogP contribution >= 0.6 is 0 Å². The number of amides is 1. The highest BCUT2D eigenvalue weighted by Crippen LogP contribution is 2.21. The molecule has 0 fully saturated rings. The van der Waals surface area contributed by atoms with E-state index in [1.807, 2.05) is 60.7 Å². The Morgan fingerprint density at radius 1 is 0.906 bits per heavy atom. The number of nitrogens with zero attached hydrogens (tertiary/aromatic N) is 3. The van der Waals surface area contributed by atoms with Gasteiger partial charge in [0.1, 0.15) is 0 Å². The number of rotatable bonds is 7. The Morgan fingerprint density at radius 3 is 2.16 bits per heavy atom. The highest BCUT2D eigenvalue weighted by molar-refractivity contribution is 7.89. The van der Waals surface area contributed by atoms with E-state index < -0.39 is 15.9 Å². The first-order valence-electron chi connectivity index (χ1n) is 9.90. The molecule has 0 unspecified atom stereocenters. The third kappa shape index (κ3) is 4.90. The fourth-order valence-corrected chi connectivity index (χ4v) is 3.69. The lowest BCUT2D eigenvalue weighted by Gasteiger charge is -2.05. The van der Waals surface area contributed by atoms with Crippen molar-refractivity contribution >= 4 is 15.9 Å². The maximum Gasteiger partial charge on any atom is 0.291 e. The van der Waals surface area contributed by atoms with E-state index >= 15 is 0 Å². The molecule has 8 nitrogen and oxygen atoms in total. The van der Waals surface area contributed by atoms with Crippen molar-refractivity contribution in [2.45, 2.75) is 11.3 Å². The van der Waals surface area contributed by atoms with E-state index in [0.29, 0.717) is 18.8 Å². The van der Waals surface area contributed by atoms with Gasteiger partial charge in [-0.15, -0.1) is 5.10 Å². The van der Waals surface area contributed by atoms with E-state index in [9.17, 15) is 13.2 Å². The summed E-state index contributed by atoms with van der Waals surface area (Å²) in [4.78, 5) is 17.2. The van der Waals surface area contributed by atoms with Crippen LogP contribution in [0.2, 0.25) is 0 Å². The SMILES string of the molecule is NS(=O)(=O)c1ccc(CCNC(=O)c2nc(-c3ccccc3)n(-c3ccccc3)n2)cc1. The molecule has 0 saturated carbocycles. The lowest BCUT2D eigenvalue weighted by Crippen LogP contribution is -2.27. The molecule has 0 spiro atoms. The number of benzene rings is 3. The number of primary sulfonamides is 1. The smallest absolute Gasteiger partial charge is 0.291 e. The highest BCUT2D eigenvalue weighted by Gasteiger charge is 2.18. The zero-order valence-corrected chi connectivity index (χ0v) is 17.9. The molecule has 0 aliphatic heterocycles. The molecule has 0 bridgehead atoms. The molecule has 4 rings (SSSR count). The second-order valence-corrected chi connectivity index (χ2v) is 8.63. The summed E-state index contributed by atoms with van der Waals surface area (Å²) in [7, 11) is -3.73. The van der Waals surface area contributed by atoms with Crippen LogP contribution in [0.15, 0.2) is 89.8 Å². The Labute approximate surface area is 185 Å². The molecule has 9 heteroatoms. The minimum absolute atomic E-state index is 0.0504. The Morgan fingerprint density at radius 2 is 1.53 bits per heavy atom. The Hall–Kier alpha value is -3.82. The lowest BCUT2D eigenvalue weighted by atomic mass is 10.1. The summed E-state index contributed by atoms with van der Waals surface area (Å²) in [5.74, 6) is 0.246. The molecule has 4 aromatic rings. The minimum atomic E-state index is -3.73. The summed E-state index contributed by atoms with van der Waals surface area (Å²) < 4.78 is 24.3. The summed E-state index contributed by atoms with van der Waals surface area (Å²) in [6.07, 6.45) is 0.515. The first kappa shape index (κ1) is 21.4. The maximum atomic E-state index is 12.7. The molecular formula is C23H21N5O3S. The largest absolute Gasteiger partial charge is 0.349 e. The van der Waals surface area contributed by atoms with Crippen LogP contribution in [0.3, 0.4) is 0 Å². The van der Waals surface area contributed by atoms with Crippen LogP contribution in [-0.4, -0.2) is 35.6 Å². The van der Waals surface area contributed by atoms with Crippen LogP contribution in [0.5, 0.6) is 0 Å². The van der Waals surface area contributed by atoms with Crippen molar-refractivity contribution in [1.29, 1.82) is 0 Å². The number of carbonyl (C=O) groups is 1. The van der Waals surface area contributed by atoms with Crippen LogP contribution in [-0.2, 0) is 16.4 Å². The summed E-state index contributed by atoms with van der Waals surface area (Å²) >= 11 is 0. The van der Waals surface area contributed by atoms with Gasteiger partial charge in [-0.2, -0.15) is 0 Å². The fraction of sp³-hybridized carbons (Fsp3) is 0.0870. The third-order valence-corrected chi connectivity index (χ3v) is 5.72. The van der Waals surface area contributed by atoms with Crippen molar-refractivity contribution in [1.82, 2.24) is 20.1 Å². The number of hydrogen-bond donors (Lipinski definition) is 2. The van der Waals surface area contributed by atoms with Crippen molar-refractivity contribution in [3.63, 3.8) is 0 Å². The van der Waals surface area contributed by atoms with E-state index in [4.69, 9.17) is 5.14 Å². The van der Waals surface area contributed by atoms with Crippen molar-refractivity contribution < 1.29 is 13.2 Å². The number of para-hydroxylation sites is 1. The summed E-state index contributed by atoms with van der Waals surface area (Å²) in [6.45, 7) is 0.341. The van der Waals surface area contributed by atoms with Gasteiger partial charge in [0.2, 0.25) is 15.8 Å². The van der Waals surface area contributed by atoms with Crippen LogP contribution in [0.25, 0.3) is 17.1 Å². The molecule has 0 saturated heterocycles. The van der Waals surface area contributed by atoms with E-state index in [1.165, 1.54) is 12.1 Å². The van der Waals surface area contributed by atoms with Gasteiger partial charge in [-0.3, -0.25) is 4.79 Å². The standard InChI is InChI=1S/C23H21N5O3S/c24-32(30,31)20-13-11-17(12-14-20)15-16-25-23(29)21-26-22(18-7-3-1-4-8-18)28(27-21)19-9-5-2-6-10-19/h1-14H,15-16H2,(H,25,29)(H2,24,30,31). The molecule has 162 valence electrons. The molecule has 32 heavy (non-hydrogen) atoms. The predicted octanol–water partition coefficient (Wildman–Crippen LogP) is 2.55. The molecule has 0 atom stereocenters. The number of hydrogen-bond acceptors (Lipinski definition) is 5. The second-order valence-electron chi connectivity index (χ2n) is 7.07. The van der Waals surface area contributed by atoms with Crippen molar-refractivity contribution in [2.75, 3.05) is 6.54 Å². The average Bonchev–Trinajstić information content (AvgIpc) is 3.26. The van der Waals surface area contributed by atoms with Gasteiger partial charge in [0, 0.05) is 12.1 Å². The van der Waals surface area contributed by atoms with Gasteiger partial charge in [0.15, 0.2) is 5.82 Å². The molecule has 0 aliphatic carbocycles. The Kier molecular flexibility index (Phi) is 6.11. The maximum absolute atomic E-state index is 12.7. The van der Waals surface area contributed by atoms with E-state index in [-0.39, 0.29) is 10.7 Å². The van der Waals surface area contributed by atoms with Crippen LogP contribution in [0.1, 0.15) is 16.2 Å². The molecule has 1 amide bonds. The van der Waals surface area contributed by atoms with Gasteiger partial charge in [-0.1, -0.05) is 60.7 Å².